The molecule has 0 fully saturated rings. The minimum Gasteiger partial charge on any atom is -0.497 e. The average molecular weight is 533 g/mol. The zero-order valence-electron chi connectivity index (χ0n) is 19.7. The predicted octanol–water partition coefficient (Wildman–Crippen LogP) is 3.25. The summed E-state index contributed by atoms with van der Waals surface area (Å²) in [6, 6.07) is 11.1. The van der Waals surface area contributed by atoms with Gasteiger partial charge in [-0.1, -0.05) is 17.7 Å². The highest BCUT2D eigenvalue weighted by atomic mass is 35.5. The Morgan fingerprint density at radius 3 is 2.64 bits per heavy atom. The molecule has 2 aromatic carbocycles. The third-order valence-corrected chi connectivity index (χ3v) is 7.73. The Morgan fingerprint density at radius 1 is 1.11 bits per heavy atom. The van der Waals surface area contributed by atoms with Crippen LogP contribution in [0.3, 0.4) is 0 Å². The Hall–Kier alpha value is -3.34. The smallest absolute Gasteiger partial charge is 0.259 e. The number of aliphatic hydroxyl groups excluding tert-OH is 1. The highest BCUT2D eigenvalue weighted by Gasteiger charge is 2.28. The van der Waals surface area contributed by atoms with Crippen LogP contribution in [0.4, 0.5) is 0 Å². The molecular weight excluding hydrogens is 508 g/mol. The summed E-state index contributed by atoms with van der Waals surface area (Å²) in [5, 5.41) is 10.0. The first-order valence-electron chi connectivity index (χ1n) is 11.0. The fourth-order valence-electron chi connectivity index (χ4n) is 3.94. The summed E-state index contributed by atoms with van der Waals surface area (Å²) >= 11 is 6.01. The van der Waals surface area contributed by atoms with E-state index < -0.39 is 15.6 Å². The first-order valence-corrected chi connectivity index (χ1v) is 13.0. The number of carbonyl (C=O) groups is 1. The van der Waals surface area contributed by atoms with Gasteiger partial charge in [-0.2, -0.15) is 0 Å². The minimum atomic E-state index is -3.86. The van der Waals surface area contributed by atoms with Gasteiger partial charge in [-0.05, 0) is 53.1 Å². The van der Waals surface area contributed by atoms with Gasteiger partial charge >= 0.3 is 0 Å². The van der Waals surface area contributed by atoms with Crippen molar-refractivity contribution in [1.29, 1.82) is 0 Å². The molecule has 190 valence electrons. The molecule has 0 aliphatic carbocycles. The van der Waals surface area contributed by atoms with E-state index in [0.29, 0.717) is 23.4 Å². The minimum absolute atomic E-state index is 0.0484. The molecule has 1 aromatic heterocycles. The summed E-state index contributed by atoms with van der Waals surface area (Å²) in [5.74, 6) is 0.150. The average Bonchev–Trinajstić information content (AvgIpc) is 3.02. The van der Waals surface area contributed by atoms with E-state index in [0.717, 1.165) is 5.56 Å². The monoisotopic (exact) mass is 532 g/mol. The fourth-order valence-corrected chi connectivity index (χ4v) is 5.70. The Kier molecular flexibility index (Phi) is 7.67. The van der Waals surface area contributed by atoms with Crippen LogP contribution in [-0.4, -0.2) is 56.7 Å². The van der Waals surface area contributed by atoms with Crippen molar-refractivity contribution in [2.75, 3.05) is 27.4 Å². The van der Waals surface area contributed by atoms with E-state index in [4.69, 9.17) is 25.8 Å². The molecule has 3 aromatic rings. The number of sulfone groups is 1. The second kappa shape index (κ2) is 10.7. The molecule has 0 spiro atoms. The summed E-state index contributed by atoms with van der Waals surface area (Å²) in [5.41, 5.74) is 1.88. The summed E-state index contributed by atoms with van der Waals surface area (Å²) in [6.07, 6.45) is 1.38. The Morgan fingerprint density at radius 2 is 1.92 bits per heavy atom. The van der Waals surface area contributed by atoms with Gasteiger partial charge in [-0.3, -0.25) is 4.79 Å². The number of fused-ring (bicyclic) bond motifs is 1. The van der Waals surface area contributed by atoms with Gasteiger partial charge in [0.2, 0.25) is 5.88 Å². The normalized spacial score (nSPS) is 13.6. The van der Waals surface area contributed by atoms with Gasteiger partial charge in [0.05, 0.1) is 33.1 Å². The van der Waals surface area contributed by atoms with Crippen molar-refractivity contribution in [3.63, 3.8) is 0 Å². The van der Waals surface area contributed by atoms with Crippen LogP contribution in [0.1, 0.15) is 27.0 Å². The van der Waals surface area contributed by atoms with E-state index in [1.54, 1.807) is 29.2 Å². The van der Waals surface area contributed by atoms with E-state index in [2.05, 4.69) is 4.98 Å². The zero-order chi connectivity index (χ0) is 25.9. The summed E-state index contributed by atoms with van der Waals surface area (Å²) in [7, 11) is -0.950. The van der Waals surface area contributed by atoms with Crippen LogP contribution in [0.5, 0.6) is 17.4 Å². The van der Waals surface area contributed by atoms with Gasteiger partial charge in [0.15, 0.2) is 9.84 Å². The zero-order valence-corrected chi connectivity index (χ0v) is 21.3. The van der Waals surface area contributed by atoms with Crippen LogP contribution < -0.4 is 14.2 Å². The molecule has 0 atom stereocenters. The number of nitrogens with zero attached hydrogens (tertiary/aromatic N) is 2. The van der Waals surface area contributed by atoms with Crippen molar-refractivity contribution < 1.29 is 32.5 Å². The maximum Gasteiger partial charge on any atom is 0.259 e. The van der Waals surface area contributed by atoms with Crippen molar-refractivity contribution in [3.05, 3.63) is 75.9 Å². The van der Waals surface area contributed by atoms with Crippen molar-refractivity contribution in [3.8, 4) is 17.4 Å². The molecular formula is C25H25ClN2O7S. The highest BCUT2D eigenvalue weighted by Crippen LogP contribution is 2.31. The number of amides is 1. The number of ether oxygens (including phenoxy) is 3. The third kappa shape index (κ3) is 5.40. The molecule has 0 radical (unpaired) electrons. The molecule has 4 rings (SSSR count). The number of benzene rings is 2. The fraction of sp³-hybridized carbons (Fsp3) is 0.280. The molecule has 0 bridgehead atoms. The largest absolute Gasteiger partial charge is 0.497 e. The first-order chi connectivity index (χ1) is 17.2. The lowest BCUT2D eigenvalue weighted by Gasteiger charge is -2.21. The van der Waals surface area contributed by atoms with E-state index in [1.165, 1.54) is 38.6 Å². The molecule has 1 N–H and O–H groups in total. The lowest BCUT2D eigenvalue weighted by Crippen LogP contribution is -2.32. The Labute approximate surface area is 214 Å². The topological polar surface area (TPSA) is 115 Å². The Bertz CT molecular complexity index is 1400. The first kappa shape index (κ1) is 25.7. The van der Waals surface area contributed by atoms with Crippen LogP contribution in [0.25, 0.3) is 0 Å². The van der Waals surface area contributed by atoms with E-state index >= 15 is 0 Å². The van der Waals surface area contributed by atoms with Crippen LogP contribution in [0, 0.1) is 0 Å². The lowest BCUT2D eigenvalue weighted by atomic mass is 10.1. The number of carbonyl (C=O) groups excluding carboxylic acids is 1. The van der Waals surface area contributed by atoms with Crippen molar-refractivity contribution in [2.45, 2.75) is 23.8 Å². The molecule has 0 saturated heterocycles. The van der Waals surface area contributed by atoms with Gasteiger partial charge in [0.1, 0.15) is 28.6 Å². The second-order valence-electron chi connectivity index (χ2n) is 8.12. The number of rotatable bonds is 8. The molecule has 1 amide bonds. The van der Waals surface area contributed by atoms with Crippen LogP contribution in [-0.2, 0) is 28.7 Å². The van der Waals surface area contributed by atoms with Crippen molar-refractivity contribution >= 4 is 27.3 Å². The van der Waals surface area contributed by atoms with Gasteiger partial charge in [-0.15, -0.1) is 0 Å². The van der Waals surface area contributed by atoms with Gasteiger partial charge < -0.3 is 24.2 Å². The van der Waals surface area contributed by atoms with Crippen LogP contribution in [0.15, 0.2) is 53.6 Å². The van der Waals surface area contributed by atoms with E-state index in [9.17, 15) is 18.3 Å². The summed E-state index contributed by atoms with van der Waals surface area (Å²) in [4.78, 5) is 19.2. The second-order valence-corrected chi connectivity index (χ2v) is 10.5. The molecule has 0 unspecified atom stereocenters. The van der Waals surface area contributed by atoms with Crippen LogP contribution in [0.2, 0.25) is 5.02 Å². The number of aliphatic hydroxyl groups is 1. The highest BCUT2D eigenvalue weighted by molar-refractivity contribution is 7.90. The molecule has 2 heterocycles. The molecule has 36 heavy (non-hydrogen) atoms. The number of hydrogen-bond donors (Lipinski definition) is 1. The van der Waals surface area contributed by atoms with E-state index in [-0.39, 0.29) is 52.8 Å². The predicted molar refractivity (Wildman–Crippen MR) is 132 cm³/mol. The van der Waals surface area contributed by atoms with Gasteiger partial charge in [-0.25, -0.2) is 13.4 Å². The van der Waals surface area contributed by atoms with E-state index in [1.807, 2.05) is 0 Å². The van der Waals surface area contributed by atoms with Crippen molar-refractivity contribution in [1.82, 2.24) is 9.88 Å². The quantitative estimate of drug-likeness (QED) is 0.470. The summed E-state index contributed by atoms with van der Waals surface area (Å²) in [6.45, 7) is 0.523. The van der Waals surface area contributed by atoms with Gasteiger partial charge in [0.25, 0.3) is 5.91 Å². The number of hydrogen-bond acceptors (Lipinski definition) is 8. The van der Waals surface area contributed by atoms with Crippen molar-refractivity contribution in [2.24, 2.45) is 0 Å². The van der Waals surface area contributed by atoms with Crippen LogP contribution >= 0.6 is 11.6 Å². The molecule has 9 nitrogen and oxygen atoms in total. The number of methoxy groups -OCH3 is 2. The molecule has 0 saturated carbocycles. The Balaban J connectivity index is 1.62. The van der Waals surface area contributed by atoms with Gasteiger partial charge in [0, 0.05) is 17.8 Å². The SMILES string of the molecule is COc1ccc(CN2CCOc3ncc(CS(=O)(=O)c4cc(Cl)ccc4OC)cc3C2=O)c(CO)c1. The maximum absolute atomic E-state index is 13.4. The number of aromatic nitrogens is 1. The maximum atomic E-state index is 13.4. The third-order valence-electron chi connectivity index (χ3n) is 5.79. The lowest BCUT2D eigenvalue weighted by molar-refractivity contribution is 0.0741. The molecule has 11 heteroatoms. The standard InChI is InChI=1S/C25H25ClN2O7S/c1-33-20-5-3-17(18(10-20)14-29)13-28-7-8-35-24-21(25(28)30)9-16(12-27-24)15-36(31,32)23-11-19(26)4-6-22(23)34-2/h3-6,9-12,29H,7-8,13-15H2,1-2H3. The number of pyridine rings is 1. The number of halogens is 1. The molecule has 1 aliphatic heterocycles. The summed E-state index contributed by atoms with van der Waals surface area (Å²) < 4.78 is 42.4. The molecule has 1 aliphatic rings.